The molecule has 0 radical (unpaired) electrons. The van der Waals surface area contributed by atoms with Crippen LogP contribution in [0.5, 0.6) is 11.5 Å². The number of unbranched alkanes of at least 4 members (excludes halogenated alkanes) is 1. The van der Waals surface area contributed by atoms with Crippen LogP contribution in [0.4, 0.5) is 10.5 Å². The van der Waals surface area contributed by atoms with E-state index >= 15 is 19.2 Å². The van der Waals surface area contributed by atoms with Gasteiger partial charge in [0.1, 0.15) is 76.7 Å². The summed E-state index contributed by atoms with van der Waals surface area (Å²) in [5, 5.41) is 54.4. The number of aliphatic hydroxyl groups is 2. The molecule has 4 bridgehead atoms. The molecule has 4 aromatic carbocycles. The molecule has 4 aliphatic rings. The number of H-pyrrole nitrogens is 1. The summed E-state index contributed by atoms with van der Waals surface area (Å²) in [6.07, 6.45) is -0.235. The molecule has 3 saturated heterocycles. The Morgan fingerprint density at radius 1 is 0.820 bits per heavy atom. The number of fused-ring (bicyclic) bond motifs is 6. The summed E-state index contributed by atoms with van der Waals surface area (Å²) in [6.45, 7) is 18.1. The van der Waals surface area contributed by atoms with E-state index in [4.69, 9.17) is 41.0 Å². The predicted octanol–water partition coefficient (Wildman–Crippen LogP) is 8.05. The Bertz CT molecular complexity index is 4840. The number of carbonyl (C=O) groups is 12. The van der Waals surface area contributed by atoms with Gasteiger partial charge in [0.15, 0.2) is 11.5 Å². The number of hydrogen-bond acceptors (Lipinski definition) is 23. The van der Waals surface area contributed by atoms with E-state index in [0.29, 0.717) is 53.8 Å². The van der Waals surface area contributed by atoms with Gasteiger partial charge < -0.3 is 96.3 Å². The van der Waals surface area contributed by atoms with Crippen LogP contribution in [0.1, 0.15) is 162 Å². The highest BCUT2D eigenvalue weighted by Gasteiger charge is 2.64. The van der Waals surface area contributed by atoms with Crippen molar-refractivity contribution in [1.29, 1.82) is 0 Å². The number of phenols is 1. The number of esters is 1. The first-order valence-corrected chi connectivity index (χ1v) is 46.3. The van der Waals surface area contributed by atoms with Crippen molar-refractivity contribution in [2.75, 3.05) is 58.3 Å². The Morgan fingerprint density at radius 3 is 2.17 bits per heavy atom. The number of phenolic OH excluding ortho intramolecular Hbond substituents is 1. The zero-order valence-electron chi connectivity index (χ0n) is 75.7. The van der Waals surface area contributed by atoms with Crippen LogP contribution in [0.15, 0.2) is 121 Å². The second kappa shape index (κ2) is 45.5. The average molecular weight is 1830 g/mol. The predicted molar refractivity (Wildman–Crippen MR) is 489 cm³/mol. The van der Waals surface area contributed by atoms with Gasteiger partial charge >= 0.3 is 12.1 Å². The molecule has 5 heterocycles. The number of carbonyl (C=O) groups excluding carboxylic acids is 12. The number of halogens is 1. The normalized spacial score (nSPS) is 25.9. The van der Waals surface area contributed by atoms with E-state index in [9.17, 15) is 53.7 Å². The van der Waals surface area contributed by atoms with Crippen molar-refractivity contribution in [3.8, 4) is 11.5 Å². The van der Waals surface area contributed by atoms with Crippen LogP contribution in [0, 0.1) is 17.3 Å². The number of nitrogens with zero attached hydrogens (tertiary/aromatic N) is 3. The van der Waals surface area contributed by atoms with Gasteiger partial charge in [0.2, 0.25) is 53.2 Å². The number of anilines is 1. The van der Waals surface area contributed by atoms with E-state index in [2.05, 4.69) is 42.2 Å². The lowest BCUT2D eigenvalue weighted by atomic mass is 9.81. The number of ether oxygens (including phenoxy) is 5. The smallest absolute Gasteiger partial charge is 0.409 e. The number of aromatic amines is 1. The molecule has 128 heavy (non-hydrogen) atoms. The minimum Gasteiger partial charge on any atom is -0.508 e. The summed E-state index contributed by atoms with van der Waals surface area (Å²) < 4.78 is 30.0. The number of alkyl carbamates (subject to hydrolysis) is 1. The lowest BCUT2D eigenvalue weighted by molar-refractivity contribution is -0.161. The van der Waals surface area contributed by atoms with Crippen LogP contribution in [-0.4, -0.2) is 244 Å². The molecule has 4 aliphatic heterocycles. The number of epoxide rings is 1. The fourth-order valence-electron chi connectivity index (χ4n) is 17.0. The molecule has 0 aliphatic carbocycles. The summed E-state index contributed by atoms with van der Waals surface area (Å²) in [5.41, 5.74) is 5.90. The van der Waals surface area contributed by atoms with E-state index in [-0.39, 0.29) is 85.6 Å². The monoisotopic (exact) mass is 1830 g/mol. The number of aliphatic hydroxyl groups excluding tert-OH is 1. The van der Waals surface area contributed by atoms with Crippen LogP contribution in [-0.2, 0) is 97.4 Å². The molecule has 9 rings (SSSR count). The maximum atomic E-state index is 15.7. The molecule has 0 unspecified atom stereocenters. The maximum Gasteiger partial charge on any atom is 0.409 e. The van der Waals surface area contributed by atoms with E-state index < -0.39 is 192 Å². The molecular formula is C93H127ClN12O20S2. The van der Waals surface area contributed by atoms with Gasteiger partial charge in [0.05, 0.1) is 31.0 Å². The quantitative estimate of drug-likeness (QED) is 0.00931. The van der Waals surface area contributed by atoms with Crippen molar-refractivity contribution in [3.63, 3.8) is 0 Å². The minimum absolute atomic E-state index is 0.0819. The molecule has 10 amide bonds. The fraction of sp³-hybridized carbons (Fsp3) is 0.548. The van der Waals surface area contributed by atoms with Crippen LogP contribution in [0.25, 0.3) is 10.9 Å². The van der Waals surface area contributed by atoms with Crippen LogP contribution in [0.2, 0.25) is 5.02 Å². The summed E-state index contributed by atoms with van der Waals surface area (Å²) in [6, 6.07) is 15.0. The highest BCUT2D eigenvalue weighted by molar-refractivity contribution is 8.76. The number of aromatic nitrogens is 1. The SMILES string of the molecule is COc1cc2cc(c1Cl)N(C)C(=O)CC[C@H](OC(=O)[C@H](C)N(C)C(=O)CCSSC[C@H](NC(=O)CC[C@H]1C(=O)N[C@@H](Cc3ccc(O)cc3)C(=O)N[C@H](Cc3c[nH]c4ccccc34)C(=O)C[C@@H](CCCCN)C(=O)N[C@@H]([C@@H](C)O)C(=O)N[C@@H](Cc3ccccc3)C(=O)N1C)C(=O)NC(C)(C)CC(C)(C)C)[C@]1(C)O[C@H]1[C@H](C)[C@@H]1C[C@@](O)(NC(=O)O1)[C@H](OC)/C=C/C=C(\C)C2. The summed E-state index contributed by atoms with van der Waals surface area (Å²) in [7, 11) is 9.53. The number of benzene rings is 4. The molecule has 0 spiro atoms. The first-order valence-electron chi connectivity index (χ1n) is 43.4. The average Bonchev–Trinajstić information content (AvgIpc) is 1.57. The third kappa shape index (κ3) is 27.7. The van der Waals surface area contributed by atoms with Gasteiger partial charge in [-0.25, -0.2) is 9.59 Å². The standard InChI is InChI=1S/C93H127ClN12O20S2/c1-53-24-23-30-75(123-15)93(121)49-73(124-89(120)103-93)54(2)81-92(10,126-81)74(36-38-77(111)105(12)70-45-59(42-53)46-72(122-14)79(70)94)125-88(119)55(3)104(11)78(112)39-41-127-128-51-68(84(115)102-91(8,9)52-90(5,6)7)97-76(110)37-35-69-85(116)99-66(43-58-31-33-62(108)34-32-58)83(114)98-65(47-61-50-96-64-29-20-19-28-63(61)64)71(109)48-60(27-21-22-40-95)82(113)101-80(56(4)107)86(117)100-67(87(118)106(69)13)44-57-25-17-16-18-26-57/h16-20,23-26,28-34,45-46,50,54-56,60,65-69,73-75,80-81,96,107-108,121H,21-22,27,35-44,47-49,51-52,95H2,1-15H3,(H,97,110)(H,98,114)(H,99,116)(H,100,117)(H,101,113)(H,102,115)(H,103,120)/b30-23+,53-24+/t54-,55+,56-,60-,65-,66+,67+,68+,69+,73+,74+,75-,80+,81+,92+,93+/m1/s1. The first kappa shape index (κ1) is 102. The van der Waals surface area contributed by atoms with Gasteiger partial charge in [0, 0.05) is 126 Å². The maximum absolute atomic E-state index is 15.7. The number of likely N-dealkylation sites (N-methyl/N-ethyl adjacent to an activating group) is 2. The number of Topliss-reactive ketones (excluding diaryl/α,β-unsaturated/α-hetero) is 1. The number of nitrogens with one attached hydrogen (secondary N) is 8. The summed E-state index contributed by atoms with van der Waals surface area (Å²) in [4.78, 5) is 184. The summed E-state index contributed by atoms with van der Waals surface area (Å²) >= 11 is 6.89. The molecule has 16 atom stereocenters. The number of hydrogen-bond donors (Lipinski definition) is 12. The van der Waals surface area contributed by atoms with Crippen molar-refractivity contribution in [2.24, 2.45) is 23.0 Å². The van der Waals surface area contributed by atoms with Gasteiger partial charge in [0.25, 0.3) is 0 Å². The number of para-hydroxylation sites is 1. The number of methoxy groups -OCH3 is 2. The third-order valence-electron chi connectivity index (χ3n) is 23.9. The largest absolute Gasteiger partial charge is 0.508 e. The number of aromatic hydroxyl groups is 1. The third-order valence-corrected chi connectivity index (χ3v) is 26.7. The van der Waals surface area contributed by atoms with Crippen LogP contribution in [0.3, 0.4) is 0 Å². The number of allylic oxidation sites excluding steroid dienone is 3. The number of nitrogens with two attached hydrogens (primary N) is 1. The molecule has 32 nitrogen and oxygen atoms in total. The molecule has 13 N–H and O–H groups in total. The topological polar surface area (TPSA) is 451 Å². The molecule has 3 fully saturated rings. The second-order valence-corrected chi connectivity index (χ2v) is 39.0. The molecule has 698 valence electrons. The van der Waals surface area contributed by atoms with E-state index in [1.165, 1.54) is 87.0 Å². The molecule has 0 saturated carbocycles. The second-order valence-electron chi connectivity index (χ2n) is 36.0. The van der Waals surface area contributed by atoms with Crippen molar-refractivity contribution < 1.29 is 96.5 Å². The van der Waals surface area contributed by atoms with Crippen molar-refractivity contribution >= 4 is 121 Å². The van der Waals surface area contributed by atoms with E-state index in [1.807, 2.05) is 71.9 Å². The van der Waals surface area contributed by atoms with Crippen LogP contribution < -0.4 is 52.6 Å². The van der Waals surface area contributed by atoms with Crippen molar-refractivity contribution in [1.82, 2.24) is 52.0 Å². The van der Waals surface area contributed by atoms with Gasteiger partial charge in [-0.1, -0.05) is 152 Å². The lowest BCUT2D eigenvalue weighted by Gasteiger charge is -2.42. The van der Waals surface area contributed by atoms with Crippen molar-refractivity contribution in [2.45, 2.75) is 255 Å². The van der Waals surface area contributed by atoms with E-state index in [0.717, 1.165) is 37.7 Å². The van der Waals surface area contributed by atoms with Crippen molar-refractivity contribution in [3.05, 3.63) is 148 Å². The zero-order chi connectivity index (χ0) is 93.9. The zero-order valence-corrected chi connectivity index (χ0v) is 78.1. The Kier molecular flexibility index (Phi) is 36.1. The minimum atomic E-state index is -1.94. The number of amides is 10. The van der Waals surface area contributed by atoms with Gasteiger partial charge in [-0.2, -0.15) is 0 Å². The fourth-order valence-corrected chi connectivity index (χ4v) is 19.4. The van der Waals surface area contributed by atoms with Gasteiger partial charge in [-0.15, -0.1) is 0 Å². The van der Waals surface area contributed by atoms with E-state index in [1.54, 1.807) is 81.7 Å². The van der Waals surface area contributed by atoms with Crippen LogP contribution >= 0.6 is 33.2 Å². The summed E-state index contributed by atoms with van der Waals surface area (Å²) in [5.74, 6) is -9.55. The highest BCUT2D eigenvalue weighted by Crippen LogP contribution is 2.50. The Morgan fingerprint density at radius 2 is 1.49 bits per heavy atom. The Balaban J connectivity index is 0.948. The molecule has 5 aromatic rings. The van der Waals surface area contributed by atoms with Gasteiger partial charge in [-0.3, -0.25) is 53.3 Å². The molecule has 1 aromatic heterocycles. The highest BCUT2D eigenvalue weighted by atomic mass is 35.5. The number of rotatable bonds is 29. The lowest BCUT2D eigenvalue weighted by Crippen LogP contribution is -2.63. The Labute approximate surface area is 761 Å². The Hall–Kier alpha value is -10.1. The molecule has 35 heteroatoms. The number of ketones is 1. The molecular weight excluding hydrogens is 1700 g/mol. The first-order chi connectivity index (χ1) is 60.4. The van der Waals surface area contributed by atoms with Gasteiger partial charge in [-0.05, 0) is 145 Å².